The summed E-state index contributed by atoms with van der Waals surface area (Å²) in [5, 5.41) is 3.00. The van der Waals surface area contributed by atoms with Crippen LogP contribution in [-0.2, 0) is 4.79 Å². The molecule has 0 heterocycles. The smallest absolute Gasteiger partial charge is 0.258 e. The zero-order valence-electron chi connectivity index (χ0n) is 17.0. The Morgan fingerprint density at radius 2 is 1.70 bits per heavy atom. The van der Waals surface area contributed by atoms with Crippen molar-refractivity contribution in [1.82, 2.24) is 5.32 Å². The van der Waals surface area contributed by atoms with E-state index in [0.717, 1.165) is 22.4 Å². The molecule has 0 bridgehead atoms. The maximum atomic E-state index is 12.3. The molecule has 5 nitrogen and oxygen atoms in total. The van der Waals surface area contributed by atoms with Crippen LogP contribution in [0.4, 0.5) is 0 Å². The SMILES string of the molecule is COc1cccc(OCC(=O)NC(C)c2cc(C(C)C)c(OC)cc2C)c1. The standard InChI is InChI=1S/C22H29NO4/c1-14(2)19-12-20(15(3)10-21(19)26-6)16(4)23-22(24)13-27-18-9-7-8-17(11-18)25-5/h7-12,14,16H,13H2,1-6H3,(H,23,24). The minimum atomic E-state index is -0.174. The van der Waals surface area contributed by atoms with E-state index in [0.29, 0.717) is 17.4 Å². The summed E-state index contributed by atoms with van der Waals surface area (Å²) >= 11 is 0. The van der Waals surface area contributed by atoms with Crippen LogP contribution in [0.15, 0.2) is 36.4 Å². The van der Waals surface area contributed by atoms with E-state index < -0.39 is 0 Å². The van der Waals surface area contributed by atoms with Gasteiger partial charge in [-0.25, -0.2) is 0 Å². The molecule has 0 saturated carbocycles. The van der Waals surface area contributed by atoms with Crippen LogP contribution < -0.4 is 19.5 Å². The Labute approximate surface area is 161 Å². The number of benzene rings is 2. The molecule has 2 rings (SSSR count). The van der Waals surface area contributed by atoms with Crippen LogP contribution in [0.5, 0.6) is 17.2 Å². The first-order valence-electron chi connectivity index (χ1n) is 9.10. The maximum absolute atomic E-state index is 12.3. The molecule has 5 heteroatoms. The van der Waals surface area contributed by atoms with Crippen molar-refractivity contribution in [3.8, 4) is 17.2 Å². The fraction of sp³-hybridized carbons (Fsp3) is 0.409. The van der Waals surface area contributed by atoms with Crippen LogP contribution >= 0.6 is 0 Å². The van der Waals surface area contributed by atoms with Crippen molar-refractivity contribution in [2.75, 3.05) is 20.8 Å². The van der Waals surface area contributed by atoms with Gasteiger partial charge in [-0.05, 0) is 60.7 Å². The number of hydrogen-bond donors (Lipinski definition) is 1. The number of carbonyl (C=O) groups is 1. The van der Waals surface area contributed by atoms with E-state index in [1.54, 1.807) is 26.4 Å². The van der Waals surface area contributed by atoms with Crippen LogP contribution in [0.2, 0.25) is 0 Å². The third-order valence-corrected chi connectivity index (χ3v) is 4.50. The monoisotopic (exact) mass is 371 g/mol. The largest absolute Gasteiger partial charge is 0.497 e. The minimum Gasteiger partial charge on any atom is -0.497 e. The van der Waals surface area contributed by atoms with Gasteiger partial charge in [0, 0.05) is 6.07 Å². The second-order valence-electron chi connectivity index (χ2n) is 6.86. The fourth-order valence-electron chi connectivity index (χ4n) is 3.01. The zero-order chi connectivity index (χ0) is 20.0. The molecule has 0 aliphatic heterocycles. The van der Waals surface area contributed by atoms with E-state index >= 15 is 0 Å². The van der Waals surface area contributed by atoms with Crippen molar-refractivity contribution >= 4 is 5.91 Å². The highest BCUT2D eigenvalue weighted by Crippen LogP contribution is 2.32. The summed E-state index contributed by atoms with van der Waals surface area (Å²) in [4.78, 5) is 12.3. The molecule has 0 aliphatic carbocycles. The number of aryl methyl sites for hydroxylation is 1. The van der Waals surface area contributed by atoms with Gasteiger partial charge in [0.2, 0.25) is 0 Å². The lowest BCUT2D eigenvalue weighted by atomic mass is 9.93. The van der Waals surface area contributed by atoms with E-state index in [1.165, 1.54) is 0 Å². The molecule has 27 heavy (non-hydrogen) atoms. The highest BCUT2D eigenvalue weighted by molar-refractivity contribution is 5.78. The van der Waals surface area contributed by atoms with Crippen LogP contribution in [0.1, 0.15) is 49.4 Å². The van der Waals surface area contributed by atoms with E-state index in [9.17, 15) is 4.79 Å². The average Bonchev–Trinajstić information content (AvgIpc) is 2.65. The summed E-state index contributed by atoms with van der Waals surface area (Å²) in [6.07, 6.45) is 0. The number of ether oxygens (including phenoxy) is 3. The Kier molecular flexibility index (Phi) is 7.11. The number of carbonyl (C=O) groups excluding carboxylic acids is 1. The molecule has 0 fully saturated rings. The molecule has 0 radical (unpaired) electrons. The van der Waals surface area contributed by atoms with Gasteiger partial charge in [0.25, 0.3) is 5.91 Å². The predicted molar refractivity (Wildman–Crippen MR) is 107 cm³/mol. The summed E-state index contributed by atoms with van der Waals surface area (Å²) in [5.41, 5.74) is 3.29. The molecule has 1 atom stereocenters. The Bertz CT molecular complexity index is 786. The van der Waals surface area contributed by atoms with Crippen molar-refractivity contribution in [3.63, 3.8) is 0 Å². The molecule has 146 valence electrons. The molecule has 2 aromatic carbocycles. The maximum Gasteiger partial charge on any atom is 0.258 e. The van der Waals surface area contributed by atoms with Crippen molar-refractivity contribution in [1.29, 1.82) is 0 Å². The quantitative estimate of drug-likeness (QED) is 0.748. The average molecular weight is 371 g/mol. The Morgan fingerprint density at radius 1 is 1.00 bits per heavy atom. The molecule has 2 aromatic rings. The van der Waals surface area contributed by atoms with Crippen LogP contribution in [-0.4, -0.2) is 26.7 Å². The summed E-state index contributed by atoms with van der Waals surface area (Å²) < 4.78 is 16.2. The molecule has 1 N–H and O–H groups in total. The van der Waals surface area contributed by atoms with Crippen molar-refractivity contribution in [2.45, 2.75) is 39.7 Å². The highest BCUT2D eigenvalue weighted by Gasteiger charge is 2.17. The molecule has 1 amide bonds. The normalized spacial score (nSPS) is 11.8. The molecule has 0 saturated heterocycles. The topological polar surface area (TPSA) is 56.8 Å². The van der Waals surface area contributed by atoms with Gasteiger partial charge in [0.05, 0.1) is 20.3 Å². The third-order valence-electron chi connectivity index (χ3n) is 4.50. The van der Waals surface area contributed by atoms with Crippen LogP contribution in [0, 0.1) is 6.92 Å². The molecule has 1 unspecified atom stereocenters. The Hall–Kier alpha value is -2.69. The number of nitrogens with one attached hydrogen (secondary N) is 1. The van der Waals surface area contributed by atoms with E-state index in [1.807, 2.05) is 32.0 Å². The number of amides is 1. The van der Waals surface area contributed by atoms with Gasteiger partial charge >= 0.3 is 0 Å². The van der Waals surface area contributed by atoms with Gasteiger partial charge in [0.1, 0.15) is 17.2 Å². The Morgan fingerprint density at radius 3 is 2.33 bits per heavy atom. The fourth-order valence-corrected chi connectivity index (χ4v) is 3.01. The first-order chi connectivity index (χ1) is 12.8. The lowest BCUT2D eigenvalue weighted by molar-refractivity contribution is -0.123. The first kappa shape index (κ1) is 20.6. The van der Waals surface area contributed by atoms with E-state index in [4.69, 9.17) is 14.2 Å². The van der Waals surface area contributed by atoms with Gasteiger partial charge in [-0.1, -0.05) is 19.9 Å². The summed E-state index contributed by atoms with van der Waals surface area (Å²) in [6.45, 7) is 8.20. The van der Waals surface area contributed by atoms with Gasteiger partial charge < -0.3 is 19.5 Å². The number of hydrogen-bond acceptors (Lipinski definition) is 4. The predicted octanol–water partition coefficient (Wildman–Crippen LogP) is 4.39. The zero-order valence-corrected chi connectivity index (χ0v) is 17.0. The van der Waals surface area contributed by atoms with Crippen LogP contribution in [0.25, 0.3) is 0 Å². The van der Waals surface area contributed by atoms with Crippen LogP contribution in [0.3, 0.4) is 0 Å². The van der Waals surface area contributed by atoms with Gasteiger partial charge in [-0.2, -0.15) is 0 Å². The van der Waals surface area contributed by atoms with Gasteiger partial charge in [0.15, 0.2) is 6.61 Å². The molecular formula is C22H29NO4. The second-order valence-corrected chi connectivity index (χ2v) is 6.86. The lowest BCUT2D eigenvalue weighted by Gasteiger charge is -2.21. The number of methoxy groups -OCH3 is 2. The minimum absolute atomic E-state index is 0.0518. The first-order valence-corrected chi connectivity index (χ1v) is 9.10. The number of rotatable bonds is 8. The second kappa shape index (κ2) is 9.31. The summed E-state index contributed by atoms with van der Waals surface area (Å²) in [5.74, 6) is 2.33. The van der Waals surface area contributed by atoms with E-state index in [2.05, 4.69) is 25.2 Å². The molecule has 0 aliphatic rings. The van der Waals surface area contributed by atoms with Gasteiger partial charge in [-0.15, -0.1) is 0 Å². The summed E-state index contributed by atoms with van der Waals surface area (Å²) in [7, 11) is 3.28. The Balaban J connectivity index is 2.04. The lowest BCUT2D eigenvalue weighted by Crippen LogP contribution is -2.31. The summed E-state index contributed by atoms with van der Waals surface area (Å²) in [6, 6.07) is 11.2. The molecule has 0 aromatic heterocycles. The molecule has 0 spiro atoms. The highest BCUT2D eigenvalue weighted by atomic mass is 16.5. The van der Waals surface area contributed by atoms with Gasteiger partial charge in [-0.3, -0.25) is 4.79 Å². The van der Waals surface area contributed by atoms with Crippen molar-refractivity contribution in [3.05, 3.63) is 53.1 Å². The third kappa shape index (κ3) is 5.39. The van der Waals surface area contributed by atoms with Crippen molar-refractivity contribution in [2.24, 2.45) is 0 Å². The van der Waals surface area contributed by atoms with Crippen molar-refractivity contribution < 1.29 is 19.0 Å². The molecular weight excluding hydrogens is 342 g/mol. The van der Waals surface area contributed by atoms with E-state index in [-0.39, 0.29) is 18.6 Å².